The summed E-state index contributed by atoms with van der Waals surface area (Å²) in [5.41, 5.74) is 1.88. The van der Waals surface area contributed by atoms with Gasteiger partial charge in [0, 0.05) is 24.7 Å². The van der Waals surface area contributed by atoms with Crippen molar-refractivity contribution in [1.82, 2.24) is 9.46 Å². The molecule has 0 aliphatic heterocycles. The first kappa shape index (κ1) is 19.8. The fourth-order valence-electron chi connectivity index (χ4n) is 2.69. The first-order chi connectivity index (χ1) is 13.4. The average Bonchev–Trinajstić information content (AvgIpc) is 3.11. The molecule has 7 nitrogen and oxygen atoms in total. The van der Waals surface area contributed by atoms with Gasteiger partial charge in [0.1, 0.15) is 0 Å². The summed E-state index contributed by atoms with van der Waals surface area (Å²) in [5, 5.41) is 6.27. The molecule has 0 saturated heterocycles. The van der Waals surface area contributed by atoms with Crippen molar-refractivity contribution in [2.45, 2.75) is 25.3 Å². The van der Waals surface area contributed by atoms with Crippen LogP contribution in [0, 0.1) is 6.92 Å². The normalized spacial score (nSPS) is 11.5. The van der Waals surface area contributed by atoms with Gasteiger partial charge in [-0.2, -0.15) is 4.31 Å². The smallest absolute Gasteiger partial charge is 0.258 e. The zero-order chi connectivity index (χ0) is 20.1. The highest BCUT2D eigenvalue weighted by Crippen LogP contribution is 2.19. The summed E-state index contributed by atoms with van der Waals surface area (Å²) in [6, 6.07) is 16.8. The SMILES string of the molecule is CCN(Cc1ccccc1)S(=O)(=O)c1ccc(C(=O)Nc2cc(C)no2)cc1. The van der Waals surface area contributed by atoms with E-state index in [1.54, 1.807) is 19.9 Å². The number of anilines is 1. The molecule has 28 heavy (non-hydrogen) atoms. The van der Waals surface area contributed by atoms with E-state index in [1.807, 2.05) is 30.3 Å². The molecule has 3 aromatic rings. The van der Waals surface area contributed by atoms with Gasteiger partial charge in [-0.05, 0) is 36.8 Å². The monoisotopic (exact) mass is 399 g/mol. The van der Waals surface area contributed by atoms with Gasteiger partial charge in [-0.25, -0.2) is 8.42 Å². The van der Waals surface area contributed by atoms with Crippen molar-refractivity contribution in [2.24, 2.45) is 0 Å². The lowest BCUT2D eigenvalue weighted by Crippen LogP contribution is -2.30. The number of amides is 1. The summed E-state index contributed by atoms with van der Waals surface area (Å²) in [7, 11) is -3.67. The maximum absolute atomic E-state index is 12.9. The molecule has 3 rings (SSSR count). The molecule has 146 valence electrons. The summed E-state index contributed by atoms with van der Waals surface area (Å²) in [4.78, 5) is 12.4. The second kappa shape index (κ2) is 8.37. The maximum Gasteiger partial charge on any atom is 0.258 e. The zero-order valence-corrected chi connectivity index (χ0v) is 16.4. The highest BCUT2D eigenvalue weighted by Gasteiger charge is 2.23. The molecule has 0 unspecified atom stereocenters. The van der Waals surface area contributed by atoms with E-state index in [0.29, 0.717) is 17.8 Å². The Labute approximate surface area is 164 Å². The number of sulfonamides is 1. The quantitative estimate of drug-likeness (QED) is 0.657. The van der Waals surface area contributed by atoms with Gasteiger partial charge in [0.2, 0.25) is 15.9 Å². The minimum atomic E-state index is -3.67. The molecule has 0 spiro atoms. The molecule has 0 bridgehead atoms. The molecule has 2 aromatic carbocycles. The number of carbonyl (C=O) groups is 1. The molecule has 1 amide bonds. The second-order valence-electron chi connectivity index (χ2n) is 6.23. The van der Waals surface area contributed by atoms with E-state index in [2.05, 4.69) is 10.5 Å². The van der Waals surface area contributed by atoms with Crippen LogP contribution in [0.4, 0.5) is 5.88 Å². The molecule has 0 saturated carbocycles. The van der Waals surface area contributed by atoms with Gasteiger partial charge in [-0.15, -0.1) is 0 Å². The van der Waals surface area contributed by atoms with Crippen LogP contribution in [0.2, 0.25) is 0 Å². The van der Waals surface area contributed by atoms with Gasteiger partial charge in [0.15, 0.2) is 0 Å². The Kier molecular flexibility index (Phi) is 5.91. The summed E-state index contributed by atoms with van der Waals surface area (Å²) in [6.07, 6.45) is 0. The third-order valence-electron chi connectivity index (χ3n) is 4.17. The third-order valence-corrected chi connectivity index (χ3v) is 6.11. The lowest BCUT2D eigenvalue weighted by Gasteiger charge is -2.20. The molecule has 1 aromatic heterocycles. The van der Waals surface area contributed by atoms with Crippen LogP contribution in [0.5, 0.6) is 0 Å². The number of nitrogens with zero attached hydrogens (tertiary/aromatic N) is 2. The number of nitrogens with one attached hydrogen (secondary N) is 1. The van der Waals surface area contributed by atoms with Crippen LogP contribution >= 0.6 is 0 Å². The fourth-order valence-corrected chi connectivity index (χ4v) is 4.12. The minimum Gasteiger partial charge on any atom is -0.338 e. The predicted octanol–water partition coefficient (Wildman–Crippen LogP) is 3.45. The molecular weight excluding hydrogens is 378 g/mol. The molecule has 0 fully saturated rings. The van der Waals surface area contributed by atoms with E-state index in [1.165, 1.54) is 28.6 Å². The minimum absolute atomic E-state index is 0.136. The molecule has 0 radical (unpaired) electrons. The predicted molar refractivity (Wildman–Crippen MR) is 105 cm³/mol. The molecule has 0 atom stereocenters. The summed E-state index contributed by atoms with van der Waals surface area (Å²) < 4.78 is 32.2. The molecular formula is C20H21N3O4S. The molecule has 0 aliphatic carbocycles. The van der Waals surface area contributed by atoms with Crippen molar-refractivity contribution in [3.8, 4) is 0 Å². The highest BCUT2D eigenvalue weighted by atomic mass is 32.2. The van der Waals surface area contributed by atoms with Gasteiger partial charge in [0.05, 0.1) is 10.6 Å². The van der Waals surface area contributed by atoms with Gasteiger partial charge < -0.3 is 4.52 Å². The van der Waals surface area contributed by atoms with Crippen molar-refractivity contribution in [3.63, 3.8) is 0 Å². The van der Waals surface area contributed by atoms with Crippen LogP contribution < -0.4 is 5.32 Å². The topological polar surface area (TPSA) is 92.5 Å². The van der Waals surface area contributed by atoms with Crippen LogP contribution in [0.15, 0.2) is 70.1 Å². The Morgan fingerprint density at radius 2 is 1.79 bits per heavy atom. The number of hydrogen-bond acceptors (Lipinski definition) is 5. The van der Waals surface area contributed by atoms with Crippen LogP contribution in [-0.2, 0) is 16.6 Å². The number of benzene rings is 2. The van der Waals surface area contributed by atoms with Crippen molar-refractivity contribution in [3.05, 3.63) is 77.5 Å². The number of hydrogen-bond donors (Lipinski definition) is 1. The van der Waals surface area contributed by atoms with Crippen molar-refractivity contribution >= 4 is 21.8 Å². The van der Waals surface area contributed by atoms with Gasteiger partial charge in [-0.1, -0.05) is 42.4 Å². The van der Waals surface area contributed by atoms with Crippen LogP contribution in [0.3, 0.4) is 0 Å². The van der Waals surface area contributed by atoms with E-state index < -0.39 is 15.9 Å². The fraction of sp³-hybridized carbons (Fsp3) is 0.200. The standard InChI is InChI=1S/C20H21N3O4S/c1-3-23(14-16-7-5-4-6-8-16)28(25,26)18-11-9-17(10-12-18)20(24)21-19-13-15(2)22-27-19/h4-13H,3,14H2,1-2H3,(H,21,24). The Hall–Kier alpha value is -2.97. The number of aryl methyl sites for hydroxylation is 1. The van der Waals surface area contributed by atoms with Gasteiger partial charge in [-0.3, -0.25) is 10.1 Å². The second-order valence-corrected chi connectivity index (χ2v) is 8.17. The van der Waals surface area contributed by atoms with Crippen molar-refractivity contribution < 1.29 is 17.7 Å². The van der Waals surface area contributed by atoms with Gasteiger partial charge in [0.25, 0.3) is 5.91 Å². The Balaban J connectivity index is 1.75. The summed E-state index contributed by atoms with van der Waals surface area (Å²) in [6.45, 7) is 4.16. The van der Waals surface area contributed by atoms with E-state index in [-0.39, 0.29) is 17.3 Å². The van der Waals surface area contributed by atoms with Crippen LogP contribution in [-0.4, -0.2) is 30.3 Å². The molecule has 1 heterocycles. The summed E-state index contributed by atoms with van der Waals surface area (Å²) >= 11 is 0. The molecule has 1 N–H and O–H groups in total. The Morgan fingerprint density at radius 3 is 2.36 bits per heavy atom. The van der Waals surface area contributed by atoms with E-state index in [4.69, 9.17) is 4.52 Å². The first-order valence-electron chi connectivity index (χ1n) is 8.79. The van der Waals surface area contributed by atoms with E-state index >= 15 is 0 Å². The Bertz CT molecular complexity index is 1040. The van der Waals surface area contributed by atoms with Crippen molar-refractivity contribution in [2.75, 3.05) is 11.9 Å². The zero-order valence-electron chi connectivity index (χ0n) is 15.6. The van der Waals surface area contributed by atoms with Crippen molar-refractivity contribution in [1.29, 1.82) is 0 Å². The Morgan fingerprint density at radius 1 is 1.11 bits per heavy atom. The number of carbonyl (C=O) groups excluding carboxylic acids is 1. The van der Waals surface area contributed by atoms with E-state index in [0.717, 1.165) is 5.56 Å². The van der Waals surface area contributed by atoms with Crippen LogP contribution in [0.1, 0.15) is 28.5 Å². The van der Waals surface area contributed by atoms with Crippen LogP contribution in [0.25, 0.3) is 0 Å². The third kappa shape index (κ3) is 4.47. The summed E-state index contributed by atoms with van der Waals surface area (Å²) in [5.74, 6) is -0.170. The highest BCUT2D eigenvalue weighted by molar-refractivity contribution is 7.89. The number of aromatic nitrogens is 1. The number of rotatable bonds is 7. The van der Waals surface area contributed by atoms with E-state index in [9.17, 15) is 13.2 Å². The largest absolute Gasteiger partial charge is 0.338 e. The first-order valence-corrected chi connectivity index (χ1v) is 10.2. The molecule has 8 heteroatoms. The van der Waals surface area contributed by atoms with Gasteiger partial charge >= 0.3 is 0 Å². The maximum atomic E-state index is 12.9. The lowest BCUT2D eigenvalue weighted by molar-refractivity contribution is 0.102. The average molecular weight is 399 g/mol. The molecule has 0 aliphatic rings. The lowest BCUT2D eigenvalue weighted by atomic mass is 10.2.